The van der Waals surface area contributed by atoms with Gasteiger partial charge in [0.15, 0.2) is 10.6 Å². The largest absolute Gasteiger partial charge is 0.457 e. The van der Waals surface area contributed by atoms with Crippen LogP contribution in [0.5, 0.6) is 0 Å². The second-order valence-electron chi connectivity index (χ2n) is 6.27. The smallest absolute Gasteiger partial charge is 0.276 e. The normalized spacial score (nSPS) is 12.3. The SMILES string of the molecule is O=c1c(=Cc2ccc(-c3ccc([N+](=O)[O-])cc3Cl)o2)sc2nc3cc(Br)cnc3n12. The second kappa shape index (κ2) is 7.01. The molecule has 30 heavy (non-hydrogen) atoms. The minimum absolute atomic E-state index is 0.104. The van der Waals surface area contributed by atoms with E-state index in [9.17, 15) is 14.9 Å². The first-order chi connectivity index (χ1) is 14.4. The summed E-state index contributed by atoms with van der Waals surface area (Å²) < 4.78 is 8.49. The predicted molar refractivity (Wildman–Crippen MR) is 117 cm³/mol. The van der Waals surface area contributed by atoms with Gasteiger partial charge < -0.3 is 4.42 Å². The van der Waals surface area contributed by atoms with Gasteiger partial charge in [-0.25, -0.2) is 14.4 Å². The molecule has 0 bridgehead atoms. The average molecular weight is 504 g/mol. The molecule has 5 aromatic rings. The van der Waals surface area contributed by atoms with Gasteiger partial charge in [-0.3, -0.25) is 14.9 Å². The summed E-state index contributed by atoms with van der Waals surface area (Å²) in [5.41, 5.74) is 1.30. The van der Waals surface area contributed by atoms with Crippen LogP contribution in [0.4, 0.5) is 5.69 Å². The molecule has 148 valence electrons. The third kappa shape index (κ3) is 3.09. The molecule has 5 rings (SSSR count). The van der Waals surface area contributed by atoms with Crippen molar-refractivity contribution < 1.29 is 9.34 Å². The number of thiazole rings is 1. The van der Waals surface area contributed by atoms with Gasteiger partial charge in [0.2, 0.25) is 0 Å². The molecule has 11 heteroatoms. The zero-order chi connectivity index (χ0) is 21.0. The van der Waals surface area contributed by atoms with Gasteiger partial charge in [0.05, 0.1) is 9.95 Å². The van der Waals surface area contributed by atoms with Crippen molar-refractivity contribution in [2.24, 2.45) is 0 Å². The van der Waals surface area contributed by atoms with Gasteiger partial charge in [0.1, 0.15) is 21.6 Å². The maximum absolute atomic E-state index is 12.8. The number of rotatable bonds is 3. The molecule has 8 nitrogen and oxygen atoms in total. The lowest BCUT2D eigenvalue weighted by Crippen LogP contribution is -2.22. The van der Waals surface area contributed by atoms with Crippen LogP contribution in [0.25, 0.3) is 33.5 Å². The van der Waals surface area contributed by atoms with Crippen molar-refractivity contribution >= 4 is 66.8 Å². The Kier molecular flexibility index (Phi) is 4.42. The van der Waals surface area contributed by atoms with E-state index in [1.807, 2.05) is 0 Å². The van der Waals surface area contributed by atoms with E-state index in [1.54, 1.807) is 30.5 Å². The van der Waals surface area contributed by atoms with E-state index >= 15 is 0 Å². The Morgan fingerprint density at radius 1 is 1.27 bits per heavy atom. The van der Waals surface area contributed by atoms with Gasteiger partial charge in [-0.15, -0.1) is 0 Å². The number of fused-ring (bicyclic) bond motifs is 3. The fourth-order valence-corrected chi connectivity index (χ4v) is 4.58. The lowest BCUT2D eigenvalue weighted by molar-refractivity contribution is -0.384. The van der Waals surface area contributed by atoms with Crippen LogP contribution in [0.3, 0.4) is 0 Å². The predicted octanol–water partition coefficient (Wildman–Crippen LogP) is 4.44. The van der Waals surface area contributed by atoms with Gasteiger partial charge in [-0.05, 0) is 40.2 Å². The molecule has 0 N–H and O–H groups in total. The van der Waals surface area contributed by atoms with Crippen LogP contribution in [-0.4, -0.2) is 19.3 Å². The molecular weight excluding hydrogens is 496 g/mol. The fourth-order valence-electron chi connectivity index (χ4n) is 3.04. The van der Waals surface area contributed by atoms with E-state index < -0.39 is 4.92 Å². The summed E-state index contributed by atoms with van der Waals surface area (Å²) >= 11 is 10.7. The van der Waals surface area contributed by atoms with E-state index in [4.69, 9.17) is 16.0 Å². The monoisotopic (exact) mass is 502 g/mol. The summed E-state index contributed by atoms with van der Waals surface area (Å²) in [5.74, 6) is 0.882. The highest BCUT2D eigenvalue weighted by Crippen LogP contribution is 2.32. The van der Waals surface area contributed by atoms with Crippen molar-refractivity contribution in [3.63, 3.8) is 0 Å². The molecule has 4 aromatic heterocycles. The number of nitro benzene ring substituents is 1. The first-order valence-electron chi connectivity index (χ1n) is 8.43. The number of halogens is 2. The molecular formula is C19H8BrClN4O4S. The zero-order valence-corrected chi connectivity index (χ0v) is 17.9. The van der Waals surface area contributed by atoms with Crippen LogP contribution < -0.4 is 10.1 Å². The number of furan rings is 1. The molecule has 1 aromatic carbocycles. The maximum atomic E-state index is 12.8. The van der Waals surface area contributed by atoms with Crippen molar-refractivity contribution in [3.05, 3.63) is 82.9 Å². The van der Waals surface area contributed by atoms with Crippen molar-refractivity contribution in [1.82, 2.24) is 14.4 Å². The molecule has 0 fully saturated rings. The molecule has 0 amide bonds. The Morgan fingerprint density at radius 2 is 2.10 bits per heavy atom. The van der Waals surface area contributed by atoms with Crippen molar-refractivity contribution in [1.29, 1.82) is 0 Å². The number of hydrogen-bond donors (Lipinski definition) is 0. The Morgan fingerprint density at radius 3 is 2.87 bits per heavy atom. The Labute approximate surface area is 184 Å². The summed E-state index contributed by atoms with van der Waals surface area (Å²) in [6.07, 6.45) is 3.23. The number of nitro groups is 1. The number of nitrogens with zero attached hydrogens (tertiary/aromatic N) is 4. The van der Waals surface area contributed by atoms with Gasteiger partial charge in [0, 0.05) is 34.4 Å². The Bertz CT molecular complexity index is 1590. The molecule has 0 aliphatic heterocycles. The quantitative estimate of drug-likeness (QED) is 0.266. The first-order valence-corrected chi connectivity index (χ1v) is 10.4. The lowest BCUT2D eigenvalue weighted by atomic mass is 10.1. The van der Waals surface area contributed by atoms with Crippen molar-refractivity contribution in [2.45, 2.75) is 0 Å². The molecule has 0 aliphatic rings. The number of aromatic nitrogens is 3. The number of benzene rings is 1. The Balaban J connectivity index is 1.57. The zero-order valence-electron chi connectivity index (χ0n) is 14.7. The van der Waals surface area contributed by atoms with Crippen LogP contribution in [0.1, 0.15) is 5.76 Å². The molecule has 0 aliphatic carbocycles. The van der Waals surface area contributed by atoms with E-state index in [1.165, 1.54) is 33.9 Å². The van der Waals surface area contributed by atoms with Crippen LogP contribution in [0.2, 0.25) is 5.02 Å². The number of pyridine rings is 1. The third-order valence-electron chi connectivity index (χ3n) is 4.38. The summed E-state index contributed by atoms with van der Waals surface area (Å²) in [6, 6.07) is 9.34. The van der Waals surface area contributed by atoms with E-state index in [0.29, 0.717) is 37.7 Å². The third-order valence-corrected chi connectivity index (χ3v) is 6.09. The second-order valence-corrected chi connectivity index (χ2v) is 8.60. The topological polar surface area (TPSA) is 104 Å². The van der Waals surface area contributed by atoms with E-state index in [0.717, 1.165) is 4.47 Å². The number of non-ortho nitro benzene ring substituents is 1. The highest BCUT2D eigenvalue weighted by Gasteiger charge is 2.15. The van der Waals surface area contributed by atoms with E-state index in [2.05, 4.69) is 25.9 Å². The molecule has 0 spiro atoms. The van der Waals surface area contributed by atoms with Crippen LogP contribution >= 0.6 is 38.9 Å². The van der Waals surface area contributed by atoms with Gasteiger partial charge in [-0.1, -0.05) is 22.9 Å². The first kappa shape index (κ1) is 18.9. The van der Waals surface area contributed by atoms with Crippen molar-refractivity contribution in [2.75, 3.05) is 0 Å². The summed E-state index contributed by atoms with van der Waals surface area (Å²) in [7, 11) is 0. The number of hydrogen-bond acceptors (Lipinski definition) is 7. The average Bonchev–Trinajstić information content (AvgIpc) is 3.37. The maximum Gasteiger partial charge on any atom is 0.276 e. The minimum Gasteiger partial charge on any atom is -0.457 e. The van der Waals surface area contributed by atoms with Crippen LogP contribution in [0, 0.1) is 10.1 Å². The molecule has 4 heterocycles. The highest BCUT2D eigenvalue weighted by atomic mass is 79.9. The van der Waals surface area contributed by atoms with Gasteiger partial charge in [0.25, 0.3) is 11.2 Å². The minimum atomic E-state index is -0.517. The summed E-state index contributed by atoms with van der Waals surface area (Å²) in [6.45, 7) is 0. The van der Waals surface area contributed by atoms with Gasteiger partial charge in [-0.2, -0.15) is 0 Å². The van der Waals surface area contributed by atoms with Gasteiger partial charge >= 0.3 is 0 Å². The van der Waals surface area contributed by atoms with Crippen LogP contribution in [-0.2, 0) is 0 Å². The fraction of sp³-hybridized carbons (Fsp3) is 0. The molecule has 0 unspecified atom stereocenters. The Hall–Kier alpha value is -3.08. The number of imidazole rings is 1. The van der Waals surface area contributed by atoms with Crippen molar-refractivity contribution in [3.8, 4) is 11.3 Å². The molecule has 0 radical (unpaired) electrons. The summed E-state index contributed by atoms with van der Waals surface area (Å²) in [5, 5.41) is 11.1. The molecule has 0 saturated heterocycles. The lowest BCUT2D eigenvalue weighted by Gasteiger charge is -2.00. The highest BCUT2D eigenvalue weighted by molar-refractivity contribution is 9.10. The molecule has 0 atom stereocenters. The van der Waals surface area contributed by atoms with Crippen LogP contribution in [0.15, 0.2) is 56.3 Å². The summed E-state index contributed by atoms with van der Waals surface area (Å²) in [4.78, 5) is 32.5. The molecule has 0 saturated carbocycles. The standard InChI is InChI=1S/C19H8BrClN4O4S/c20-9-5-14-17(22-8-9)24-18(26)16(30-19(24)23-14)7-11-2-4-15(29-11)12-3-1-10(25(27)28)6-13(12)21/h1-8H. The van der Waals surface area contributed by atoms with E-state index in [-0.39, 0.29) is 16.3 Å².